The molecule has 8 nitrogen and oxygen atoms in total. The average molecular weight is 424 g/mol. The molecular formula is C18H29N7OS2. The summed E-state index contributed by atoms with van der Waals surface area (Å²) in [4.78, 5) is 21.4. The van der Waals surface area contributed by atoms with Crippen molar-refractivity contribution in [2.45, 2.75) is 37.6 Å². The van der Waals surface area contributed by atoms with Gasteiger partial charge >= 0.3 is 0 Å². The highest BCUT2D eigenvalue weighted by atomic mass is 32.2. The zero-order valence-corrected chi connectivity index (χ0v) is 18.4. The van der Waals surface area contributed by atoms with Crippen LogP contribution in [0.25, 0.3) is 0 Å². The molecule has 0 spiro atoms. The predicted octanol–water partition coefficient (Wildman–Crippen LogP) is 2.23. The van der Waals surface area contributed by atoms with Crippen LogP contribution in [0.2, 0.25) is 0 Å². The normalized spacial score (nSPS) is 16.0. The molecular weight excluding hydrogens is 394 g/mol. The Morgan fingerprint density at radius 3 is 2.68 bits per heavy atom. The number of piperazine rings is 1. The van der Waals surface area contributed by atoms with E-state index >= 15 is 0 Å². The van der Waals surface area contributed by atoms with Crippen molar-refractivity contribution in [3.63, 3.8) is 0 Å². The van der Waals surface area contributed by atoms with E-state index in [4.69, 9.17) is 0 Å². The van der Waals surface area contributed by atoms with Crippen LogP contribution in [-0.2, 0) is 11.3 Å². The Bertz CT molecular complexity index is 753. The minimum atomic E-state index is -0.0161. The zero-order valence-electron chi connectivity index (χ0n) is 16.8. The summed E-state index contributed by atoms with van der Waals surface area (Å²) in [5.74, 6) is 2.52. The number of rotatable bonds is 9. The third-order valence-corrected chi connectivity index (χ3v) is 6.53. The van der Waals surface area contributed by atoms with Gasteiger partial charge in [-0.25, -0.2) is 4.98 Å². The van der Waals surface area contributed by atoms with Gasteiger partial charge in [0.15, 0.2) is 4.34 Å². The van der Waals surface area contributed by atoms with Crippen LogP contribution in [0.5, 0.6) is 0 Å². The molecule has 1 fully saturated rings. The van der Waals surface area contributed by atoms with Crippen LogP contribution in [0.4, 0.5) is 5.13 Å². The Labute approximate surface area is 174 Å². The van der Waals surface area contributed by atoms with Crippen LogP contribution < -0.4 is 5.32 Å². The summed E-state index contributed by atoms with van der Waals surface area (Å²) in [6.45, 7) is 12.6. The lowest BCUT2D eigenvalue weighted by Gasteiger charge is -2.34. The summed E-state index contributed by atoms with van der Waals surface area (Å²) in [6.07, 6.45) is 3.95. The van der Waals surface area contributed by atoms with Crippen molar-refractivity contribution in [2.75, 3.05) is 50.3 Å². The van der Waals surface area contributed by atoms with E-state index in [1.54, 1.807) is 11.8 Å². The third-order valence-electron chi connectivity index (χ3n) is 4.67. The molecule has 1 N–H and O–H groups in total. The van der Waals surface area contributed by atoms with Gasteiger partial charge in [0.25, 0.3) is 0 Å². The number of carbonyl (C=O) groups is 1. The van der Waals surface area contributed by atoms with Crippen molar-refractivity contribution in [2.24, 2.45) is 0 Å². The fraction of sp³-hybridized carbons (Fsp3) is 0.667. The number of aromatic nitrogens is 4. The third kappa shape index (κ3) is 6.00. The number of hydrogen-bond acceptors (Lipinski definition) is 8. The number of amides is 1. The van der Waals surface area contributed by atoms with Crippen LogP contribution >= 0.6 is 23.1 Å². The van der Waals surface area contributed by atoms with E-state index in [9.17, 15) is 4.79 Å². The summed E-state index contributed by atoms with van der Waals surface area (Å²) < 4.78 is 3.14. The maximum Gasteiger partial charge on any atom is 0.240 e. The van der Waals surface area contributed by atoms with Gasteiger partial charge in [-0.1, -0.05) is 43.9 Å². The number of nitrogens with one attached hydrogen (secondary N) is 1. The second-order valence-electron chi connectivity index (χ2n) is 7.11. The molecule has 0 aliphatic carbocycles. The largest absolute Gasteiger partial charge is 0.333 e. The Morgan fingerprint density at radius 1 is 1.21 bits per heavy atom. The van der Waals surface area contributed by atoms with Gasteiger partial charge in [-0.2, -0.15) is 0 Å². The standard InChI is InChI=1S/C18H29N7OS2/c1-4-27-18-22-21-17(28-18)20-15(26)13-24-9-7-23(8-10-24)11-12-25-6-5-19-16(25)14(2)3/h5-6,14H,4,7-13H2,1-3H3,(H,20,21,26). The molecule has 154 valence electrons. The lowest BCUT2D eigenvalue weighted by Crippen LogP contribution is -2.49. The van der Waals surface area contributed by atoms with Crippen molar-refractivity contribution in [1.82, 2.24) is 29.5 Å². The fourth-order valence-corrected chi connectivity index (χ4v) is 4.90. The van der Waals surface area contributed by atoms with Crippen molar-refractivity contribution in [3.05, 3.63) is 18.2 Å². The smallest absolute Gasteiger partial charge is 0.240 e. The van der Waals surface area contributed by atoms with E-state index in [0.29, 0.717) is 17.6 Å². The Morgan fingerprint density at radius 2 is 1.96 bits per heavy atom. The number of thioether (sulfide) groups is 1. The van der Waals surface area contributed by atoms with Crippen molar-refractivity contribution in [3.8, 4) is 0 Å². The van der Waals surface area contributed by atoms with Crippen LogP contribution in [-0.4, -0.2) is 80.5 Å². The first kappa shape index (κ1) is 21.2. The van der Waals surface area contributed by atoms with Crippen LogP contribution in [0.1, 0.15) is 32.5 Å². The summed E-state index contributed by atoms with van der Waals surface area (Å²) in [5, 5.41) is 11.5. The number of carbonyl (C=O) groups excluding carboxylic acids is 1. The van der Waals surface area contributed by atoms with Gasteiger partial charge in [0.1, 0.15) is 5.82 Å². The van der Waals surface area contributed by atoms with Crippen molar-refractivity contribution >= 4 is 34.1 Å². The molecule has 0 aromatic carbocycles. The Hall–Kier alpha value is -1.49. The van der Waals surface area contributed by atoms with Crippen LogP contribution in [0, 0.1) is 0 Å². The Balaban J connectivity index is 1.37. The maximum atomic E-state index is 12.3. The fourth-order valence-electron chi connectivity index (χ4n) is 3.23. The van der Waals surface area contributed by atoms with Gasteiger partial charge in [0.2, 0.25) is 11.0 Å². The number of anilines is 1. The lowest BCUT2D eigenvalue weighted by atomic mass is 10.2. The van der Waals surface area contributed by atoms with E-state index in [1.165, 1.54) is 11.3 Å². The molecule has 0 atom stereocenters. The molecule has 0 unspecified atom stereocenters. The minimum Gasteiger partial charge on any atom is -0.333 e. The molecule has 0 radical (unpaired) electrons. The van der Waals surface area contributed by atoms with Gasteiger partial charge < -0.3 is 4.57 Å². The molecule has 1 aliphatic rings. The first-order valence-electron chi connectivity index (χ1n) is 9.77. The first-order chi connectivity index (χ1) is 13.5. The maximum absolute atomic E-state index is 12.3. The lowest BCUT2D eigenvalue weighted by molar-refractivity contribution is -0.117. The van der Waals surface area contributed by atoms with E-state index in [2.05, 4.69) is 61.8 Å². The van der Waals surface area contributed by atoms with Crippen molar-refractivity contribution in [1.29, 1.82) is 0 Å². The predicted molar refractivity (Wildman–Crippen MR) is 114 cm³/mol. The molecule has 2 aromatic rings. The molecule has 0 saturated carbocycles. The Kier molecular flexibility index (Phi) is 7.83. The summed E-state index contributed by atoms with van der Waals surface area (Å²) in [5.41, 5.74) is 0. The van der Waals surface area contributed by atoms with Gasteiger partial charge in [-0.05, 0) is 5.75 Å². The summed E-state index contributed by atoms with van der Waals surface area (Å²) >= 11 is 3.07. The number of nitrogens with zero attached hydrogens (tertiary/aromatic N) is 6. The van der Waals surface area contributed by atoms with E-state index in [-0.39, 0.29) is 5.91 Å². The molecule has 2 aromatic heterocycles. The quantitative estimate of drug-likeness (QED) is 0.489. The van der Waals surface area contributed by atoms with Crippen LogP contribution in [0.15, 0.2) is 16.7 Å². The highest BCUT2D eigenvalue weighted by molar-refractivity contribution is 8.01. The van der Waals surface area contributed by atoms with Gasteiger partial charge in [0, 0.05) is 57.6 Å². The summed E-state index contributed by atoms with van der Waals surface area (Å²) in [6, 6.07) is 0. The second-order valence-corrected chi connectivity index (χ2v) is 9.59. The molecule has 3 rings (SSSR count). The topological polar surface area (TPSA) is 79.2 Å². The van der Waals surface area contributed by atoms with Gasteiger partial charge in [-0.3, -0.25) is 19.9 Å². The zero-order chi connectivity index (χ0) is 19.9. The SMILES string of the molecule is CCSc1nnc(NC(=O)CN2CCN(CCn3ccnc3C(C)C)CC2)s1. The molecule has 0 bridgehead atoms. The van der Waals surface area contributed by atoms with Gasteiger partial charge in [0.05, 0.1) is 6.54 Å². The van der Waals surface area contributed by atoms with Crippen LogP contribution in [0.3, 0.4) is 0 Å². The van der Waals surface area contributed by atoms with E-state index < -0.39 is 0 Å². The molecule has 1 saturated heterocycles. The molecule has 10 heteroatoms. The van der Waals surface area contributed by atoms with E-state index in [1.807, 2.05) is 6.20 Å². The van der Waals surface area contributed by atoms with Crippen molar-refractivity contribution < 1.29 is 4.79 Å². The molecule has 28 heavy (non-hydrogen) atoms. The van der Waals surface area contributed by atoms with Gasteiger partial charge in [-0.15, -0.1) is 10.2 Å². The molecule has 3 heterocycles. The summed E-state index contributed by atoms with van der Waals surface area (Å²) in [7, 11) is 0. The average Bonchev–Trinajstić information content (AvgIpc) is 3.31. The molecule has 1 amide bonds. The molecule has 1 aliphatic heterocycles. The first-order valence-corrected chi connectivity index (χ1v) is 11.6. The minimum absolute atomic E-state index is 0.0161. The highest BCUT2D eigenvalue weighted by Gasteiger charge is 2.20. The number of hydrogen-bond donors (Lipinski definition) is 1. The monoisotopic (exact) mass is 423 g/mol. The number of imidazole rings is 1. The second kappa shape index (κ2) is 10.3. The highest BCUT2D eigenvalue weighted by Crippen LogP contribution is 2.24. The van der Waals surface area contributed by atoms with E-state index in [0.717, 1.165) is 55.2 Å².